The van der Waals surface area contributed by atoms with E-state index in [0.29, 0.717) is 5.92 Å². The van der Waals surface area contributed by atoms with Crippen molar-refractivity contribution in [2.75, 3.05) is 5.32 Å². The van der Waals surface area contributed by atoms with Crippen molar-refractivity contribution in [1.29, 1.82) is 0 Å². The van der Waals surface area contributed by atoms with E-state index in [1.165, 1.54) is 57.8 Å². The molecule has 1 aliphatic heterocycles. The van der Waals surface area contributed by atoms with Crippen LogP contribution in [0.4, 0.5) is 5.69 Å². The Bertz CT molecular complexity index is 520. The van der Waals surface area contributed by atoms with Crippen LogP contribution in [0.5, 0.6) is 0 Å². The molecule has 3 aliphatic rings. The molecule has 0 saturated heterocycles. The number of hydrogen-bond acceptors (Lipinski definition) is 1. The minimum absolute atomic E-state index is 0. The number of nitrogens with one attached hydrogen (secondary N) is 1. The molecule has 1 aromatic rings. The normalized spacial score (nSPS) is 21.8. The zero-order valence-electron chi connectivity index (χ0n) is 13.1. The van der Waals surface area contributed by atoms with Gasteiger partial charge in [0.25, 0.3) is 5.91 Å². The number of benzene rings is 1. The van der Waals surface area contributed by atoms with Crippen LogP contribution in [0.1, 0.15) is 63.4 Å². The van der Waals surface area contributed by atoms with E-state index >= 15 is 0 Å². The Balaban J connectivity index is 0.000000253. The maximum absolute atomic E-state index is 11.8. The van der Waals surface area contributed by atoms with Crippen LogP contribution in [0, 0.1) is 5.92 Å². The minimum atomic E-state index is 0. The zero-order valence-corrected chi connectivity index (χ0v) is 14.2. The van der Waals surface area contributed by atoms with Crippen molar-refractivity contribution < 1.29 is 21.9 Å². The zero-order chi connectivity index (χ0) is 14.5. The predicted molar refractivity (Wildman–Crippen MR) is 88.1 cm³/mol. The summed E-state index contributed by atoms with van der Waals surface area (Å²) in [4.78, 5) is 11.8. The Labute approximate surface area is 144 Å². The van der Waals surface area contributed by atoms with E-state index in [-0.39, 0.29) is 23.0 Å². The number of allylic oxidation sites excluding steroid dienone is 1. The molecular formula is C19H25FeNO. The van der Waals surface area contributed by atoms with E-state index in [1.807, 2.05) is 24.3 Å². The van der Waals surface area contributed by atoms with Gasteiger partial charge in [-0.15, -0.1) is 0 Å². The van der Waals surface area contributed by atoms with Crippen LogP contribution in [-0.4, -0.2) is 5.91 Å². The third kappa shape index (κ3) is 4.24. The van der Waals surface area contributed by atoms with Gasteiger partial charge >= 0.3 is 0 Å². The maximum Gasteiger partial charge on any atom is 0.256 e. The number of hydrogen-bond donors (Lipinski definition) is 1. The van der Waals surface area contributed by atoms with Gasteiger partial charge in [-0.05, 0) is 24.8 Å². The molecule has 1 amide bonds. The number of para-hydroxylation sites is 1. The van der Waals surface area contributed by atoms with Crippen LogP contribution in [0.15, 0.2) is 30.3 Å². The van der Waals surface area contributed by atoms with Crippen LogP contribution in [0.3, 0.4) is 0 Å². The summed E-state index contributed by atoms with van der Waals surface area (Å²) in [6.45, 7) is 0. The molecule has 1 heterocycles. The summed E-state index contributed by atoms with van der Waals surface area (Å²) in [5, 5.41) is 2.91. The van der Waals surface area contributed by atoms with Crippen LogP contribution >= 0.6 is 0 Å². The molecule has 22 heavy (non-hydrogen) atoms. The molecule has 2 nitrogen and oxygen atoms in total. The predicted octanol–water partition coefficient (Wildman–Crippen LogP) is 5.16. The molecule has 0 spiro atoms. The Morgan fingerprint density at radius 3 is 2.14 bits per heavy atom. The fraction of sp³-hybridized carbons (Fsp3) is 0.526. The third-order valence-corrected chi connectivity index (χ3v) is 4.76. The molecule has 0 bridgehead atoms. The van der Waals surface area contributed by atoms with Crippen molar-refractivity contribution in [1.82, 2.24) is 0 Å². The third-order valence-electron chi connectivity index (χ3n) is 4.76. The molecule has 1 aromatic carbocycles. The van der Waals surface area contributed by atoms with Gasteiger partial charge < -0.3 is 5.32 Å². The quantitative estimate of drug-likeness (QED) is 0.556. The molecule has 0 radical (unpaired) electrons. The second-order valence-corrected chi connectivity index (χ2v) is 6.39. The largest absolute Gasteiger partial charge is 0.321 e. The van der Waals surface area contributed by atoms with Crippen LogP contribution in [0.2, 0.25) is 0 Å². The number of rotatable bonds is 1. The first-order chi connectivity index (χ1) is 10.3. The molecule has 0 atom stereocenters. The SMILES string of the molecule is C1CCCC1.O=C1Nc2ccccc2/C1=C\C1CCCC1.[Fe]. The fourth-order valence-electron chi connectivity index (χ4n) is 3.55. The van der Waals surface area contributed by atoms with Crippen LogP contribution in [-0.2, 0) is 21.9 Å². The van der Waals surface area contributed by atoms with E-state index in [9.17, 15) is 4.79 Å². The van der Waals surface area contributed by atoms with Crippen molar-refractivity contribution in [3.63, 3.8) is 0 Å². The number of anilines is 1. The first-order valence-electron chi connectivity index (χ1n) is 8.47. The van der Waals surface area contributed by atoms with Crippen LogP contribution < -0.4 is 5.32 Å². The molecule has 2 fully saturated rings. The van der Waals surface area contributed by atoms with E-state index in [0.717, 1.165) is 16.8 Å². The van der Waals surface area contributed by atoms with Gasteiger partial charge in [0.15, 0.2) is 0 Å². The second-order valence-electron chi connectivity index (χ2n) is 6.39. The summed E-state index contributed by atoms with van der Waals surface area (Å²) in [6.07, 6.45) is 14.8. The molecule has 2 saturated carbocycles. The molecule has 0 aromatic heterocycles. The maximum atomic E-state index is 11.8. The minimum Gasteiger partial charge on any atom is -0.321 e. The Morgan fingerprint density at radius 1 is 0.909 bits per heavy atom. The summed E-state index contributed by atoms with van der Waals surface area (Å²) < 4.78 is 0. The van der Waals surface area contributed by atoms with Gasteiger partial charge in [0.1, 0.15) is 0 Å². The van der Waals surface area contributed by atoms with Gasteiger partial charge in [-0.3, -0.25) is 4.79 Å². The van der Waals surface area contributed by atoms with Crippen molar-refractivity contribution in [2.24, 2.45) is 5.92 Å². The van der Waals surface area contributed by atoms with E-state index < -0.39 is 0 Å². The molecule has 0 unspecified atom stereocenters. The molecule has 120 valence electrons. The van der Waals surface area contributed by atoms with Gasteiger partial charge in [0, 0.05) is 33.9 Å². The van der Waals surface area contributed by atoms with E-state index in [1.54, 1.807) is 0 Å². The standard InChI is InChI=1S/C14H15NO.C5H10.Fe/c16-14-12(9-10-5-1-2-6-10)11-7-3-4-8-13(11)15-14;1-2-4-5-3-1;/h3-4,7-10H,1-2,5-6H2,(H,15,16);1-5H2;/b12-9+;;. The molecule has 3 heteroatoms. The first kappa shape index (κ1) is 17.3. The van der Waals surface area contributed by atoms with Crippen molar-refractivity contribution in [3.8, 4) is 0 Å². The number of fused-ring (bicyclic) bond motifs is 1. The molecular weight excluding hydrogens is 314 g/mol. The van der Waals surface area contributed by atoms with Gasteiger partial charge in [0.05, 0.1) is 0 Å². The number of carbonyl (C=O) groups excluding carboxylic acids is 1. The van der Waals surface area contributed by atoms with Gasteiger partial charge in [-0.1, -0.05) is 69.2 Å². The van der Waals surface area contributed by atoms with E-state index in [2.05, 4.69) is 11.4 Å². The monoisotopic (exact) mass is 339 g/mol. The average Bonchev–Trinajstić information content (AvgIpc) is 3.24. The molecule has 1 N–H and O–H groups in total. The fourth-order valence-corrected chi connectivity index (χ4v) is 3.55. The summed E-state index contributed by atoms with van der Waals surface area (Å²) in [5.41, 5.74) is 2.90. The van der Waals surface area contributed by atoms with Gasteiger partial charge in [-0.2, -0.15) is 0 Å². The average molecular weight is 339 g/mol. The van der Waals surface area contributed by atoms with Crippen molar-refractivity contribution in [2.45, 2.75) is 57.8 Å². The molecule has 2 aliphatic carbocycles. The van der Waals surface area contributed by atoms with Gasteiger partial charge in [0.2, 0.25) is 0 Å². The van der Waals surface area contributed by atoms with Crippen LogP contribution in [0.25, 0.3) is 5.57 Å². The summed E-state index contributed by atoms with van der Waals surface area (Å²) in [7, 11) is 0. The Hall–Kier alpha value is -1.05. The first-order valence-corrected chi connectivity index (χ1v) is 8.47. The Kier molecular flexibility index (Phi) is 6.72. The summed E-state index contributed by atoms with van der Waals surface area (Å²) in [6, 6.07) is 7.93. The smallest absolute Gasteiger partial charge is 0.256 e. The van der Waals surface area contributed by atoms with Crippen molar-refractivity contribution >= 4 is 17.2 Å². The van der Waals surface area contributed by atoms with E-state index in [4.69, 9.17) is 0 Å². The number of amides is 1. The van der Waals surface area contributed by atoms with Gasteiger partial charge in [-0.25, -0.2) is 0 Å². The van der Waals surface area contributed by atoms with Crippen molar-refractivity contribution in [3.05, 3.63) is 35.9 Å². The Morgan fingerprint density at radius 2 is 1.50 bits per heavy atom. The summed E-state index contributed by atoms with van der Waals surface area (Å²) >= 11 is 0. The second kappa shape index (κ2) is 8.55. The topological polar surface area (TPSA) is 29.1 Å². The molecule has 4 rings (SSSR count). The summed E-state index contributed by atoms with van der Waals surface area (Å²) in [5.74, 6) is 0.667. The number of carbonyl (C=O) groups is 1.